The van der Waals surface area contributed by atoms with Gasteiger partial charge in [0.1, 0.15) is 11.8 Å². The summed E-state index contributed by atoms with van der Waals surface area (Å²) >= 11 is 12.7. The fourth-order valence-electron chi connectivity index (χ4n) is 5.39. The van der Waals surface area contributed by atoms with Gasteiger partial charge in [-0.25, -0.2) is 4.90 Å². The van der Waals surface area contributed by atoms with Gasteiger partial charge in [0.2, 0.25) is 11.8 Å². The lowest BCUT2D eigenvalue weighted by Gasteiger charge is -2.36. The highest BCUT2D eigenvalue weighted by atomic mass is 35.5. The van der Waals surface area contributed by atoms with E-state index in [1.54, 1.807) is 60.7 Å². The number of halogens is 2. The van der Waals surface area contributed by atoms with Crippen LogP contribution in [0.5, 0.6) is 5.75 Å². The smallest absolute Gasteiger partial charge is 0.323 e. The fourth-order valence-corrected chi connectivity index (χ4v) is 5.77. The maximum Gasteiger partial charge on any atom is 0.323 e. The molecule has 0 spiro atoms. The third kappa shape index (κ3) is 3.66. The van der Waals surface area contributed by atoms with E-state index in [-0.39, 0.29) is 0 Å². The average molecular weight is 525 g/mol. The minimum atomic E-state index is -1.28. The molecule has 0 unspecified atom stereocenters. The van der Waals surface area contributed by atoms with Crippen molar-refractivity contribution in [2.75, 3.05) is 19.1 Å². The van der Waals surface area contributed by atoms with Crippen LogP contribution in [-0.2, 0) is 24.7 Å². The number of nitrogens with zero attached hydrogens (tertiary/aromatic N) is 1. The van der Waals surface area contributed by atoms with Crippen molar-refractivity contribution in [3.63, 3.8) is 0 Å². The molecule has 7 nitrogen and oxygen atoms in total. The van der Waals surface area contributed by atoms with Gasteiger partial charge in [-0.1, -0.05) is 47.5 Å². The van der Waals surface area contributed by atoms with Gasteiger partial charge in [-0.2, -0.15) is 0 Å². The Hall–Kier alpha value is -3.39. The minimum Gasteiger partial charge on any atom is -0.497 e. The van der Waals surface area contributed by atoms with E-state index in [4.69, 9.17) is 32.7 Å². The van der Waals surface area contributed by atoms with Crippen LogP contribution in [0.1, 0.15) is 11.1 Å². The van der Waals surface area contributed by atoms with Gasteiger partial charge in [-0.3, -0.25) is 19.7 Å². The summed E-state index contributed by atoms with van der Waals surface area (Å²) in [5.41, 5.74) is 0.343. The third-order valence-electron chi connectivity index (χ3n) is 6.91. The highest BCUT2D eigenvalue weighted by molar-refractivity contribution is 6.31. The zero-order chi connectivity index (χ0) is 25.6. The van der Waals surface area contributed by atoms with Crippen LogP contribution < -0.4 is 15.0 Å². The molecule has 2 fully saturated rings. The van der Waals surface area contributed by atoms with Crippen molar-refractivity contribution >= 4 is 46.7 Å². The van der Waals surface area contributed by atoms with E-state index < -0.39 is 41.2 Å². The Kier molecular flexibility index (Phi) is 6.24. The highest BCUT2D eigenvalue weighted by Gasteiger charge is 2.68. The van der Waals surface area contributed by atoms with Crippen molar-refractivity contribution in [2.45, 2.75) is 11.6 Å². The molecule has 2 aliphatic rings. The second-order valence-electron chi connectivity index (χ2n) is 8.69. The summed E-state index contributed by atoms with van der Waals surface area (Å²) in [6, 6.07) is 19.5. The van der Waals surface area contributed by atoms with Gasteiger partial charge in [0.25, 0.3) is 0 Å². The molecule has 36 heavy (non-hydrogen) atoms. The van der Waals surface area contributed by atoms with Crippen LogP contribution in [0, 0.1) is 11.8 Å². The van der Waals surface area contributed by atoms with E-state index in [2.05, 4.69) is 5.32 Å². The zero-order valence-corrected chi connectivity index (χ0v) is 20.9. The first-order valence-electron chi connectivity index (χ1n) is 11.2. The lowest BCUT2D eigenvalue weighted by Crippen LogP contribution is -2.52. The Balaban J connectivity index is 1.75. The van der Waals surface area contributed by atoms with Crippen molar-refractivity contribution in [2.24, 2.45) is 11.8 Å². The Morgan fingerprint density at radius 3 is 1.97 bits per heavy atom. The maximum atomic E-state index is 14.2. The zero-order valence-electron chi connectivity index (χ0n) is 19.4. The molecule has 9 heteroatoms. The van der Waals surface area contributed by atoms with Crippen LogP contribution in [-0.4, -0.2) is 38.0 Å². The molecule has 0 aliphatic carbocycles. The van der Waals surface area contributed by atoms with Crippen molar-refractivity contribution in [3.05, 3.63) is 94.0 Å². The summed E-state index contributed by atoms with van der Waals surface area (Å²) < 4.78 is 10.3. The molecule has 0 saturated carbocycles. The maximum absolute atomic E-state index is 14.2. The minimum absolute atomic E-state index is 0.384. The second-order valence-corrected chi connectivity index (χ2v) is 9.56. The molecular weight excluding hydrogens is 503 g/mol. The predicted octanol–water partition coefficient (Wildman–Crippen LogP) is 4.20. The van der Waals surface area contributed by atoms with E-state index in [0.717, 1.165) is 4.90 Å². The van der Waals surface area contributed by atoms with Gasteiger partial charge in [-0.15, -0.1) is 0 Å². The monoisotopic (exact) mass is 524 g/mol. The van der Waals surface area contributed by atoms with Crippen molar-refractivity contribution in [1.29, 1.82) is 0 Å². The number of methoxy groups -OCH3 is 2. The number of fused-ring (bicyclic) bond motifs is 1. The Morgan fingerprint density at radius 2 is 1.47 bits per heavy atom. The number of carbonyl (C=O) groups excluding carboxylic acids is 3. The number of esters is 1. The van der Waals surface area contributed by atoms with Gasteiger partial charge in [-0.05, 0) is 59.7 Å². The summed E-state index contributed by atoms with van der Waals surface area (Å²) in [6.07, 6.45) is 0. The van der Waals surface area contributed by atoms with Crippen LogP contribution in [0.3, 0.4) is 0 Å². The summed E-state index contributed by atoms with van der Waals surface area (Å²) in [7, 11) is 2.78. The molecule has 3 aromatic carbocycles. The van der Waals surface area contributed by atoms with Crippen LogP contribution >= 0.6 is 23.2 Å². The predicted molar refractivity (Wildman–Crippen MR) is 135 cm³/mol. The first-order chi connectivity index (χ1) is 17.3. The molecule has 2 aliphatic heterocycles. The summed E-state index contributed by atoms with van der Waals surface area (Å²) in [6.45, 7) is 0. The largest absolute Gasteiger partial charge is 0.497 e. The molecule has 0 bridgehead atoms. The van der Waals surface area contributed by atoms with Crippen LogP contribution in [0.4, 0.5) is 5.69 Å². The number of nitrogens with one attached hydrogen (secondary N) is 1. The molecule has 0 aromatic heterocycles. The first kappa shape index (κ1) is 24.3. The number of hydrogen-bond donors (Lipinski definition) is 1. The number of imide groups is 1. The number of carbonyl (C=O) groups is 3. The molecule has 2 heterocycles. The average Bonchev–Trinajstić information content (AvgIpc) is 3.38. The molecule has 3 atom stereocenters. The molecular formula is C27H22Cl2N2O5. The molecule has 5 rings (SSSR count). The number of rotatable bonds is 5. The van der Waals surface area contributed by atoms with Gasteiger partial charge >= 0.3 is 5.97 Å². The van der Waals surface area contributed by atoms with E-state index in [1.807, 2.05) is 12.1 Å². The SMILES string of the molecule is COC(=O)[C@@H]1NC(c2cccc(Cl)c2)(c2cccc(Cl)c2)[C@@H]2C(=O)N(c3ccc(OC)cc3)C(=O)[C@@H]21. The Labute approximate surface area is 217 Å². The van der Waals surface area contributed by atoms with Crippen molar-refractivity contribution in [1.82, 2.24) is 5.32 Å². The number of amides is 2. The summed E-state index contributed by atoms with van der Waals surface area (Å²) in [5.74, 6) is -3.01. The van der Waals surface area contributed by atoms with E-state index in [1.165, 1.54) is 14.2 Å². The van der Waals surface area contributed by atoms with Crippen LogP contribution in [0.25, 0.3) is 0 Å². The quantitative estimate of drug-likeness (QED) is 0.397. The third-order valence-corrected chi connectivity index (χ3v) is 7.38. The molecule has 2 saturated heterocycles. The second kappa shape index (κ2) is 9.24. The lowest BCUT2D eigenvalue weighted by atomic mass is 9.71. The van der Waals surface area contributed by atoms with E-state index in [9.17, 15) is 14.4 Å². The van der Waals surface area contributed by atoms with Gasteiger partial charge in [0.15, 0.2) is 0 Å². The number of hydrogen-bond acceptors (Lipinski definition) is 6. The first-order valence-corrected chi connectivity index (χ1v) is 12.0. The topological polar surface area (TPSA) is 84.9 Å². The fraction of sp³-hybridized carbons (Fsp3) is 0.222. The summed E-state index contributed by atoms with van der Waals surface area (Å²) in [4.78, 5) is 42.1. The summed E-state index contributed by atoms with van der Waals surface area (Å²) in [5, 5.41) is 4.20. The lowest BCUT2D eigenvalue weighted by molar-refractivity contribution is -0.145. The van der Waals surface area contributed by atoms with Crippen molar-refractivity contribution < 1.29 is 23.9 Å². The molecule has 0 radical (unpaired) electrons. The van der Waals surface area contributed by atoms with Gasteiger partial charge in [0, 0.05) is 10.0 Å². The van der Waals surface area contributed by atoms with Gasteiger partial charge in [0.05, 0.1) is 37.3 Å². The Morgan fingerprint density at radius 1 is 0.889 bits per heavy atom. The van der Waals surface area contributed by atoms with E-state index >= 15 is 0 Å². The number of benzene rings is 3. The number of anilines is 1. The van der Waals surface area contributed by atoms with E-state index in [0.29, 0.717) is 32.6 Å². The number of ether oxygens (including phenoxy) is 2. The molecule has 3 aromatic rings. The molecule has 184 valence electrons. The Bertz CT molecular complexity index is 1310. The standard InChI is InChI=1S/C27H22Cl2N2O5/c1-35-20-11-9-19(10-12-20)31-24(32)21-22(25(31)33)27(30-23(21)26(34)36-2,15-5-3-7-17(28)13-15)16-6-4-8-18(29)14-16/h3-14,21-23,30H,1-2H3/t21-,22-,23+/m0/s1. The van der Waals surface area contributed by atoms with Crippen LogP contribution in [0.15, 0.2) is 72.8 Å². The molecule has 1 N–H and O–H groups in total. The van der Waals surface area contributed by atoms with Crippen molar-refractivity contribution in [3.8, 4) is 5.75 Å². The van der Waals surface area contributed by atoms with Crippen LogP contribution in [0.2, 0.25) is 10.0 Å². The molecule has 2 amide bonds. The van der Waals surface area contributed by atoms with Gasteiger partial charge < -0.3 is 9.47 Å². The normalized spacial score (nSPS) is 22.4. The highest BCUT2D eigenvalue weighted by Crippen LogP contribution is 2.53.